The number of benzene rings is 3. The number of likely N-dealkylation sites (tertiary alicyclic amines) is 1. The van der Waals surface area contributed by atoms with Gasteiger partial charge in [-0.25, -0.2) is 0 Å². The number of anilines is 2. The predicted octanol–water partition coefficient (Wildman–Crippen LogP) is 6.09. The molecule has 0 saturated carbocycles. The van der Waals surface area contributed by atoms with E-state index in [0.717, 1.165) is 5.56 Å². The van der Waals surface area contributed by atoms with Crippen molar-refractivity contribution in [1.29, 1.82) is 0 Å². The number of para-hydroxylation sites is 1. The van der Waals surface area contributed by atoms with Crippen LogP contribution in [0.15, 0.2) is 104 Å². The van der Waals surface area contributed by atoms with Gasteiger partial charge in [-0.15, -0.1) is 13.2 Å². The lowest BCUT2D eigenvalue weighted by molar-refractivity contribution is -0.149. The highest BCUT2D eigenvalue weighted by Gasteiger charge is 2.80. The Morgan fingerprint density at radius 3 is 2.29 bits per heavy atom. The third-order valence-corrected chi connectivity index (χ3v) is 11.2. The van der Waals surface area contributed by atoms with Gasteiger partial charge in [0.25, 0.3) is 5.91 Å². The minimum absolute atomic E-state index is 0.115. The molecule has 3 fully saturated rings. The van der Waals surface area contributed by atoms with Crippen molar-refractivity contribution in [2.75, 3.05) is 36.1 Å². The van der Waals surface area contributed by atoms with E-state index in [1.165, 1.54) is 9.80 Å². The maximum Gasteiger partial charge on any atom is 0.253 e. The van der Waals surface area contributed by atoms with Gasteiger partial charge in [-0.2, -0.15) is 0 Å². The molecular weight excluding hydrogens is 666 g/mol. The monoisotopic (exact) mass is 711 g/mol. The van der Waals surface area contributed by atoms with Crippen LogP contribution in [0.25, 0.3) is 0 Å². The van der Waals surface area contributed by atoms with Crippen LogP contribution >= 0.6 is 11.6 Å². The highest BCUT2D eigenvalue weighted by atomic mass is 35.5. The Morgan fingerprint density at radius 1 is 1.02 bits per heavy atom. The summed E-state index contributed by atoms with van der Waals surface area (Å²) in [5, 5.41) is 11.3. The summed E-state index contributed by atoms with van der Waals surface area (Å²) in [6.07, 6.45) is 3.92. The van der Waals surface area contributed by atoms with Crippen molar-refractivity contribution in [2.45, 2.75) is 56.9 Å². The molecule has 3 unspecified atom stereocenters. The zero-order chi connectivity index (χ0) is 36.5. The molecule has 1 spiro atoms. The molecule has 1 N–H and O–H groups in total. The summed E-state index contributed by atoms with van der Waals surface area (Å²) >= 11 is 6.67. The van der Waals surface area contributed by atoms with Crippen molar-refractivity contribution < 1.29 is 29.0 Å². The first kappa shape index (κ1) is 36.4. The molecule has 3 amide bonds. The number of hydrogen-bond donors (Lipinski definition) is 1. The van der Waals surface area contributed by atoms with Crippen LogP contribution < -0.4 is 14.5 Å². The molecule has 3 aromatic carbocycles. The number of hydrogen-bond acceptors (Lipinski definition) is 6. The summed E-state index contributed by atoms with van der Waals surface area (Å²) < 4.78 is 12.7. The molecule has 7 atom stereocenters. The van der Waals surface area contributed by atoms with E-state index in [4.69, 9.17) is 21.1 Å². The van der Waals surface area contributed by atoms with Crippen LogP contribution in [0.5, 0.6) is 5.75 Å². The van der Waals surface area contributed by atoms with Gasteiger partial charge in [0.15, 0.2) is 0 Å². The van der Waals surface area contributed by atoms with Crippen molar-refractivity contribution in [1.82, 2.24) is 4.90 Å². The van der Waals surface area contributed by atoms with E-state index in [-0.39, 0.29) is 30.8 Å². The summed E-state index contributed by atoms with van der Waals surface area (Å²) in [5.74, 6) is -2.52. The first-order valence-electron chi connectivity index (χ1n) is 17.5. The van der Waals surface area contributed by atoms with Crippen LogP contribution in [0.4, 0.5) is 11.4 Å². The van der Waals surface area contributed by atoms with E-state index in [1.54, 1.807) is 53.5 Å². The second-order valence-electron chi connectivity index (χ2n) is 13.8. The fraction of sp³-hybridized carbons (Fsp3) is 0.390. The number of ether oxygens (including phenoxy) is 2. The summed E-state index contributed by atoms with van der Waals surface area (Å²) in [6, 6.07) is 21.9. The number of carbonyl (C=O) groups excluding carboxylic acids is 3. The molecule has 0 aromatic heterocycles. The van der Waals surface area contributed by atoms with E-state index in [1.807, 2.05) is 63.2 Å². The second-order valence-corrected chi connectivity index (χ2v) is 14.2. The second kappa shape index (κ2) is 14.7. The van der Waals surface area contributed by atoms with Crippen LogP contribution in [-0.2, 0) is 25.5 Å². The third-order valence-electron chi connectivity index (χ3n) is 10.9. The number of amides is 3. The van der Waals surface area contributed by atoms with Crippen molar-refractivity contribution in [3.05, 3.63) is 115 Å². The largest absolute Gasteiger partial charge is 0.494 e. The lowest BCUT2D eigenvalue weighted by Crippen LogP contribution is -2.59. The van der Waals surface area contributed by atoms with Crippen molar-refractivity contribution in [3.63, 3.8) is 0 Å². The SMILES string of the molecule is C=CCN(C(=O)[C@@H]1[C@H]2C(=O)N([C@@H](CO)Cc3ccccc3)C(C(=O)N(CC=C)c3ccccc3Cl)C23CC(C)[C@@]1(C)O3)c1ccc(OCC)cc1. The van der Waals surface area contributed by atoms with Gasteiger partial charge < -0.3 is 29.3 Å². The van der Waals surface area contributed by atoms with E-state index in [2.05, 4.69) is 13.2 Å². The number of aliphatic hydroxyl groups excluding tert-OH is 1. The van der Waals surface area contributed by atoms with Crippen LogP contribution in [0.3, 0.4) is 0 Å². The highest BCUT2D eigenvalue weighted by Crippen LogP contribution is 2.66. The zero-order valence-electron chi connectivity index (χ0n) is 29.4. The van der Waals surface area contributed by atoms with E-state index >= 15 is 14.4 Å². The molecule has 0 aliphatic carbocycles. The van der Waals surface area contributed by atoms with E-state index in [0.29, 0.717) is 41.6 Å². The number of carbonyl (C=O) groups is 3. The minimum Gasteiger partial charge on any atom is -0.494 e. The maximum atomic E-state index is 15.2. The highest BCUT2D eigenvalue weighted by molar-refractivity contribution is 6.34. The maximum absolute atomic E-state index is 15.2. The van der Waals surface area contributed by atoms with Gasteiger partial charge in [0.2, 0.25) is 11.8 Å². The number of fused-ring (bicyclic) bond motifs is 1. The fourth-order valence-corrected chi connectivity index (χ4v) is 8.86. The number of aliphatic hydroxyl groups is 1. The Hall–Kier alpha value is -4.44. The summed E-state index contributed by atoms with van der Waals surface area (Å²) in [6.45, 7) is 14.0. The van der Waals surface area contributed by atoms with Crippen LogP contribution in [-0.4, -0.2) is 77.3 Å². The first-order chi connectivity index (χ1) is 24.6. The van der Waals surface area contributed by atoms with E-state index in [9.17, 15) is 5.11 Å². The average molecular weight is 712 g/mol. The third kappa shape index (κ3) is 6.15. The molecule has 6 rings (SSSR count). The number of nitrogens with zero attached hydrogens (tertiary/aromatic N) is 3. The van der Waals surface area contributed by atoms with Crippen LogP contribution in [0, 0.1) is 17.8 Å². The van der Waals surface area contributed by atoms with Gasteiger partial charge in [-0.05, 0) is 74.6 Å². The van der Waals surface area contributed by atoms with Crippen LogP contribution in [0.2, 0.25) is 5.02 Å². The Kier molecular flexibility index (Phi) is 10.4. The molecule has 51 heavy (non-hydrogen) atoms. The molecule has 3 saturated heterocycles. The zero-order valence-corrected chi connectivity index (χ0v) is 30.2. The number of halogens is 1. The average Bonchev–Trinajstić information content (AvgIpc) is 3.65. The van der Waals surface area contributed by atoms with Crippen LogP contribution in [0.1, 0.15) is 32.8 Å². The van der Waals surface area contributed by atoms with Crippen molar-refractivity contribution in [3.8, 4) is 5.75 Å². The molecular formula is C41H46ClN3O6. The lowest BCUT2D eigenvalue weighted by atomic mass is 9.62. The summed E-state index contributed by atoms with van der Waals surface area (Å²) in [7, 11) is 0. The Bertz CT molecular complexity index is 1790. The molecule has 268 valence electrons. The van der Waals surface area contributed by atoms with E-state index < -0.39 is 47.6 Å². The topological polar surface area (TPSA) is 99.6 Å². The standard InChI is InChI=1S/C41H46ClN3O6/c1-6-22-43(29-18-20-31(21-19-29)50-8-3)37(47)34-35-38(48)45(30(26-46)24-28-14-10-9-11-15-28)36(41(35)25-27(4)40(34,5)51-41)39(49)44(23-7-2)33-17-13-12-16-32(33)42/h6-7,9-21,27,30,34-36,46H,1-2,8,22-26H2,3-5H3/t27?,30-,34+,35+,36?,40-,41?/m1/s1. The number of rotatable bonds is 14. The Labute approximate surface area is 305 Å². The van der Waals surface area contributed by atoms with Gasteiger partial charge in [0.1, 0.15) is 17.4 Å². The lowest BCUT2D eigenvalue weighted by Gasteiger charge is -2.39. The quantitative estimate of drug-likeness (QED) is 0.203. The fourth-order valence-electron chi connectivity index (χ4n) is 8.63. The molecule has 3 aliphatic rings. The Balaban J connectivity index is 1.49. The smallest absolute Gasteiger partial charge is 0.253 e. The minimum atomic E-state index is -1.36. The first-order valence-corrected chi connectivity index (χ1v) is 17.9. The van der Waals surface area contributed by atoms with Gasteiger partial charge in [0.05, 0.1) is 47.4 Å². The van der Waals surface area contributed by atoms with Crippen molar-refractivity contribution >= 4 is 40.7 Å². The van der Waals surface area contributed by atoms with Crippen molar-refractivity contribution in [2.24, 2.45) is 17.8 Å². The molecule has 10 heteroatoms. The molecule has 3 aliphatic heterocycles. The predicted molar refractivity (Wildman–Crippen MR) is 199 cm³/mol. The summed E-state index contributed by atoms with van der Waals surface area (Å²) in [5.41, 5.74) is -0.433. The Morgan fingerprint density at radius 2 is 1.67 bits per heavy atom. The van der Waals surface area contributed by atoms with Gasteiger partial charge in [0, 0.05) is 18.8 Å². The molecule has 2 bridgehead atoms. The molecule has 0 radical (unpaired) electrons. The molecule has 9 nitrogen and oxygen atoms in total. The normalized spacial score (nSPS) is 26.8. The molecule has 3 heterocycles. The van der Waals surface area contributed by atoms with Gasteiger partial charge in [-0.3, -0.25) is 14.4 Å². The van der Waals surface area contributed by atoms with Gasteiger partial charge in [-0.1, -0.05) is 73.1 Å². The van der Waals surface area contributed by atoms with Gasteiger partial charge >= 0.3 is 0 Å². The summed E-state index contributed by atoms with van der Waals surface area (Å²) in [4.78, 5) is 50.1. The molecule has 3 aromatic rings.